The first-order valence-corrected chi connectivity index (χ1v) is 8.22. The molecule has 2 aromatic carbocycles. The minimum atomic E-state index is -0.684. The summed E-state index contributed by atoms with van der Waals surface area (Å²) in [6.45, 7) is 8.48. The van der Waals surface area contributed by atoms with Gasteiger partial charge in [-0.15, -0.1) is 0 Å². The molecular weight excluding hydrogens is 316 g/mol. The Balaban J connectivity index is 1.77. The Labute approximate surface area is 148 Å². The summed E-state index contributed by atoms with van der Waals surface area (Å²) in [6.07, 6.45) is 0. The van der Waals surface area contributed by atoms with Crippen LogP contribution in [0.4, 0.5) is 5.69 Å². The highest BCUT2D eigenvalue weighted by Gasteiger charge is 2.13. The Morgan fingerprint density at radius 1 is 0.880 bits per heavy atom. The second kappa shape index (κ2) is 8.33. The molecule has 0 atom stereocenters. The molecule has 0 unspecified atom stereocenters. The molecule has 0 saturated heterocycles. The zero-order chi connectivity index (χ0) is 18.4. The highest BCUT2D eigenvalue weighted by molar-refractivity contribution is 6.39. The quantitative estimate of drug-likeness (QED) is 0.649. The molecule has 0 bridgehead atoms. The summed E-state index contributed by atoms with van der Waals surface area (Å²) in [5.74, 6) is -0.615. The van der Waals surface area contributed by atoms with E-state index in [1.54, 1.807) is 0 Å². The van der Waals surface area contributed by atoms with Crippen LogP contribution in [0.25, 0.3) is 0 Å². The lowest BCUT2D eigenvalue weighted by Crippen LogP contribution is -2.37. The predicted molar refractivity (Wildman–Crippen MR) is 99.0 cm³/mol. The van der Waals surface area contributed by atoms with Gasteiger partial charge < -0.3 is 15.4 Å². The van der Waals surface area contributed by atoms with Gasteiger partial charge in [-0.1, -0.05) is 12.1 Å². The molecule has 2 aromatic rings. The molecular formula is C20H24N2O3. The third kappa shape index (κ3) is 5.64. The molecule has 5 heteroatoms. The summed E-state index contributed by atoms with van der Waals surface area (Å²) in [4.78, 5) is 23.8. The van der Waals surface area contributed by atoms with Gasteiger partial charge in [0.25, 0.3) is 0 Å². The number of benzene rings is 2. The molecule has 2 rings (SSSR count). The van der Waals surface area contributed by atoms with Crippen LogP contribution < -0.4 is 15.4 Å². The van der Waals surface area contributed by atoms with Crippen molar-refractivity contribution in [3.05, 3.63) is 58.7 Å². The maximum absolute atomic E-state index is 11.9. The summed E-state index contributed by atoms with van der Waals surface area (Å²) < 4.78 is 5.58. The van der Waals surface area contributed by atoms with Crippen molar-refractivity contribution in [2.45, 2.75) is 27.7 Å². The first kappa shape index (κ1) is 18.5. The van der Waals surface area contributed by atoms with E-state index in [2.05, 4.69) is 10.6 Å². The van der Waals surface area contributed by atoms with Gasteiger partial charge in [-0.25, -0.2) is 0 Å². The van der Waals surface area contributed by atoms with Crippen LogP contribution >= 0.6 is 0 Å². The number of aryl methyl sites for hydroxylation is 4. The second-order valence-electron chi connectivity index (χ2n) is 6.18. The van der Waals surface area contributed by atoms with Crippen LogP contribution in [0.5, 0.6) is 5.75 Å². The number of carbonyl (C=O) groups is 2. The van der Waals surface area contributed by atoms with Crippen LogP contribution in [0.3, 0.4) is 0 Å². The zero-order valence-corrected chi connectivity index (χ0v) is 15.1. The average Bonchev–Trinajstić information content (AvgIpc) is 2.53. The molecule has 132 valence electrons. The van der Waals surface area contributed by atoms with Gasteiger partial charge in [-0.05, 0) is 74.2 Å². The largest absolute Gasteiger partial charge is 0.492 e. The van der Waals surface area contributed by atoms with Crippen molar-refractivity contribution in [2.24, 2.45) is 0 Å². The van der Waals surface area contributed by atoms with Crippen molar-refractivity contribution in [1.82, 2.24) is 5.32 Å². The van der Waals surface area contributed by atoms with E-state index in [9.17, 15) is 9.59 Å². The molecule has 25 heavy (non-hydrogen) atoms. The number of carbonyl (C=O) groups excluding carboxylic acids is 2. The number of hydrogen-bond acceptors (Lipinski definition) is 3. The fourth-order valence-corrected chi connectivity index (χ4v) is 2.45. The Morgan fingerprint density at radius 2 is 1.56 bits per heavy atom. The SMILES string of the molecule is Cc1cc(C)cc(NC(=O)C(=O)NCCOc2ccc(C)c(C)c2)c1. The summed E-state index contributed by atoms with van der Waals surface area (Å²) in [6, 6.07) is 11.5. The third-order valence-corrected chi connectivity index (χ3v) is 3.82. The van der Waals surface area contributed by atoms with Gasteiger partial charge in [0.05, 0.1) is 6.54 Å². The molecule has 0 aliphatic carbocycles. The van der Waals surface area contributed by atoms with Gasteiger partial charge in [0.15, 0.2) is 0 Å². The van der Waals surface area contributed by atoms with Gasteiger partial charge in [-0.2, -0.15) is 0 Å². The Morgan fingerprint density at radius 3 is 2.20 bits per heavy atom. The van der Waals surface area contributed by atoms with E-state index in [0.717, 1.165) is 22.4 Å². The first-order valence-electron chi connectivity index (χ1n) is 8.22. The molecule has 0 saturated carbocycles. The number of amides is 2. The van der Waals surface area contributed by atoms with Crippen molar-refractivity contribution in [2.75, 3.05) is 18.5 Å². The molecule has 0 heterocycles. The number of rotatable bonds is 5. The Hall–Kier alpha value is -2.82. The Bertz CT molecular complexity index is 764. The maximum Gasteiger partial charge on any atom is 0.313 e. The first-order chi connectivity index (χ1) is 11.8. The van der Waals surface area contributed by atoms with Crippen molar-refractivity contribution in [3.8, 4) is 5.75 Å². The zero-order valence-electron chi connectivity index (χ0n) is 15.1. The van der Waals surface area contributed by atoms with E-state index < -0.39 is 11.8 Å². The molecule has 2 amide bonds. The lowest BCUT2D eigenvalue weighted by molar-refractivity contribution is -0.136. The number of anilines is 1. The van der Waals surface area contributed by atoms with Crippen LogP contribution in [-0.4, -0.2) is 25.0 Å². The molecule has 2 N–H and O–H groups in total. The number of hydrogen-bond donors (Lipinski definition) is 2. The molecule has 0 radical (unpaired) electrons. The van der Waals surface area contributed by atoms with Crippen LogP contribution in [0, 0.1) is 27.7 Å². The topological polar surface area (TPSA) is 67.4 Å². The van der Waals surface area contributed by atoms with Crippen LogP contribution in [-0.2, 0) is 9.59 Å². The summed E-state index contributed by atoms with van der Waals surface area (Å²) in [5.41, 5.74) is 5.01. The van der Waals surface area contributed by atoms with Crippen LogP contribution in [0.2, 0.25) is 0 Å². The van der Waals surface area contributed by atoms with E-state index in [1.807, 2.05) is 64.1 Å². The molecule has 5 nitrogen and oxygen atoms in total. The maximum atomic E-state index is 11.9. The van der Waals surface area contributed by atoms with Gasteiger partial charge in [0.1, 0.15) is 12.4 Å². The second-order valence-corrected chi connectivity index (χ2v) is 6.18. The Kier molecular flexibility index (Phi) is 6.17. The monoisotopic (exact) mass is 340 g/mol. The van der Waals surface area contributed by atoms with E-state index >= 15 is 0 Å². The minimum Gasteiger partial charge on any atom is -0.492 e. The fourth-order valence-electron chi connectivity index (χ4n) is 2.45. The fraction of sp³-hybridized carbons (Fsp3) is 0.300. The van der Waals surface area contributed by atoms with Crippen molar-refractivity contribution >= 4 is 17.5 Å². The third-order valence-electron chi connectivity index (χ3n) is 3.82. The van der Waals surface area contributed by atoms with E-state index in [4.69, 9.17) is 4.74 Å². The van der Waals surface area contributed by atoms with Crippen LogP contribution in [0.15, 0.2) is 36.4 Å². The molecule has 0 aromatic heterocycles. The molecule has 0 aliphatic heterocycles. The summed E-state index contributed by atoms with van der Waals surface area (Å²) in [7, 11) is 0. The number of nitrogens with one attached hydrogen (secondary N) is 2. The normalized spacial score (nSPS) is 10.2. The minimum absolute atomic E-state index is 0.256. The van der Waals surface area contributed by atoms with Crippen LogP contribution in [0.1, 0.15) is 22.3 Å². The van der Waals surface area contributed by atoms with Gasteiger partial charge in [0, 0.05) is 5.69 Å². The predicted octanol–water partition coefficient (Wildman–Crippen LogP) is 3.05. The lowest BCUT2D eigenvalue weighted by atomic mass is 10.1. The van der Waals surface area contributed by atoms with Crippen molar-refractivity contribution < 1.29 is 14.3 Å². The smallest absolute Gasteiger partial charge is 0.313 e. The van der Waals surface area contributed by atoms with Crippen molar-refractivity contribution in [1.29, 1.82) is 0 Å². The van der Waals surface area contributed by atoms with Gasteiger partial charge in [0.2, 0.25) is 0 Å². The molecule has 0 aliphatic rings. The average molecular weight is 340 g/mol. The van der Waals surface area contributed by atoms with Crippen molar-refractivity contribution in [3.63, 3.8) is 0 Å². The standard InChI is InChI=1S/C20H24N2O3/c1-13-9-14(2)11-17(10-13)22-20(24)19(23)21-7-8-25-18-6-5-15(3)16(4)12-18/h5-6,9-12H,7-8H2,1-4H3,(H,21,23)(H,22,24). The molecule has 0 spiro atoms. The summed E-state index contributed by atoms with van der Waals surface area (Å²) >= 11 is 0. The van der Waals surface area contributed by atoms with Gasteiger partial charge >= 0.3 is 11.8 Å². The van der Waals surface area contributed by atoms with E-state index in [1.165, 1.54) is 5.56 Å². The summed E-state index contributed by atoms with van der Waals surface area (Å²) in [5, 5.41) is 5.16. The highest BCUT2D eigenvalue weighted by Crippen LogP contribution is 2.16. The van der Waals surface area contributed by atoms with E-state index in [-0.39, 0.29) is 6.54 Å². The van der Waals surface area contributed by atoms with Gasteiger partial charge in [-0.3, -0.25) is 9.59 Å². The number of ether oxygens (including phenoxy) is 1. The van der Waals surface area contributed by atoms with E-state index in [0.29, 0.717) is 12.3 Å². The highest BCUT2D eigenvalue weighted by atomic mass is 16.5. The molecule has 0 fully saturated rings. The lowest BCUT2D eigenvalue weighted by Gasteiger charge is -2.10.